The van der Waals surface area contributed by atoms with Crippen LogP contribution in [0.4, 0.5) is 0 Å². The van der Waals surface area contributed by atoms with E-state index >= 15 is 0 Å². The highest BCUT2D eigenvalue weighted by Gasteiger charge is 2.39. The van der Waals surface area contributed by atoms with Gasteiger partial charge in [0.25, 0.3) is 0 Å². The molecule has 4 nitrogen and oxygen atoms in total. The Morgan fingerprint density at radius 1 is 1.36 bits per heavy atom. The van der Waals surface area contributed by atoms with E-state index in [-0.39, 0.29) is 12.0 Å². The fourth-order valence-electron chi connectivity index (χ4n) is 0.784. The second kappa shape index (κ2) is 3.15. The molecule has 0 aromatic heterocycles. The molecule has 0 aromatic carbocycles. The van der Waals surface area contributed by atoms with E-state index < -0.39 is 14.5 Å². The van der Waals surface area contributed by atoms with E-state index in [1.807, 2.05) is 36.4 Å². The minimum absolute atomic E-state index is 0.147. The third kappa shape index (κ3) is 2.27. The van der Waals surface area contributed by atoms with Gasteiger partial charge in [0.1, 0.15) is 6.10 Å². The summed E-state index contributed by atoms with van der Waals surface area (Å²) in [5.74, 6) is 0.147. The van der Waals surface area contributed by atoms with Crippen molar-refractivity contribution in [2.75, 3.05) is 0 Å². The Balaban J connectivity index is 2.75. The predicted octanol–water partition coefficient (Wildman–Crippen LogP) is 1.06. The first-order valence-corrected chi connectivity index (χ1v) is 5.76. The van der Waals surface area contributed by atoms with Gasteiger partial charge in [0.15, 0.2) is 4.11 Å². The molecule has 1 aliphatic heterocycles. The normalized spacial score (nSPS) is 36.4. The Bertz CT molecular complexity index is 235. The van der Waals surface area contributed by atoms with Crippen LogP contribution in [0.1, 0.15) is 13.8 Å². The van der Waals surface area contributed by atoms with Crippen LogP contribution in [0.15, 0.2) is 0 Å². The van der Waals surface area contributed by atoms with Crippen LogP contribution in [0.2, 0.25) is 0 Å². The van der Waals surface area contributed by atoms with Gasteiger partial charge in [0.05, 0.1) is 0 Å². The lowest BCUT2D eigenvalue weighted by molar-refractivity contribution is 0.171. The molecule has 0 bridgehead atoms. The molecule has 2 unspecified atom stereocenters. The maximum absolute atomic E-state index is 10.7. The van der Waals surface area contributed by atoms with Crippen LogP contribution in [0, 0.1) is 5.92 Å². The molecule has 0 N–H and O–H groups in total. The van der Waals surface area contributed by atoms with Crippen molar-refractivity contribution >= 4 is 33.0 Å². The second-order valence-electron chi connectivity index (χ2n) is 2.66. The van der Waals surface area contributed by atoms with Crippen molar-refractivity contribution in [1.29, 1.82) is 0 Å². The summed E-state index contributed by atoms with van der Waals surface area (Å²) < 4.78 is 30.2. The van der Waals surface area contributed by atoms with Gasteiger partial charge in [-0.25, -0.2) is 8.37 Å². The summed E-state index contributed by atoms with van der Waals surface area (Å²) in [4.78, 5) is 0. The van der Waals surface area contributed by atoms with E-state index in [0.717, 1.165) is 0 Å². The lowest BCUT2D eigenvalue weighted by Gasteiger charge is -2.11. The van der Waals surface area contributed by atoms with E-state index in [1.165, 1.54) is 0 Å². The average molecular weight is 292 g/mol. The quantitative estimate of drug-likeness (QED) is 0.536. The van der Waals surface area contributed by atoms with Gasteiger partial charge in [0, 0.05) is 0 Å². The van der Waals surface area contributed by atoms with Crippen LogP contribution >= 0.6 is 22.6 Å². The standard InChI is InChI=1S/C5H9IO4S/c1-3(2)4-5(6)10-11(7,8)9-4/h3-5H,1-2H3. The Kier molecular flexibility index (Phi) is 2.78. The third-order valence-electron chi connectivity index (χ3n) is 1.35. The van der Waals surface area contributed by atoms with Crippen molar-refractivity contribution in [2.45, 2.75) is 24.1 Å². The number of alkyl halides is 1. The maximum atomic E-state index is 10.7. The van der Waals surface area contributed by atoms with Crippen molar-refractivity contribution in [3.63, 3.8) is 0 Å². The minimum atomic E-state index is -3.70. The topological polar surface area (TPSA) is 52.6 Å². The fraction of sp³-hybridized carbons (Fsp3) is 1.00. The van der Waals surface area contributed by atoms with Crippen LogP contribution in [-0.2, 0) is 18.8 Å². The van der Waals surface area contributed by atoms with E-state index in [2.05, 4.69) is 8.37 Å². The van der Waals surface area contributed by atoms with Gasteiger partial charge in [0.2, 0.25) is 0 Å². The number of rotatable bonds is 1. The largest absolute Gasteiger partial charge is 0.401 e. The number of halogens is 1. The van der Waals surface area contributed by atoms with E-state index in [9.17, 15) is 8.42 Å². The summed E-state index contributed by atoms with van der Waals surface area (Å²) in [5, 5.41) is 0. The molecule has 0 aliphatic carbocycles. The summed E-state index contributed by atoms with van der Waals surface area (Å²) in [6, 6.07) is 0. The molecule has 0 radical (unpaired) electrons. The molecule has 0 amide bonds. The number of hydrogen-bond acceptors (Lipinski definition) is 4. The highest BCUT2D eigenvalue weighted by Crippen LogP contribution is 2.29. The highest BCUT2D eigenvalue weighted by atomic mass is 127. The molecule has 1 fully saturated rings. The molecule has 2 atom stereocenters. The molecule has 0 saturated carbocycles. The van der Waals surface area contributed by atoms with E-state index in [1.54, 1.807) is 0 Å². The summed E-state index contributed by atoms with van der Waals surface area (Å²) in [7, 11) is -3.70. The zero-order valence-electron chi connectivity index (χ0n) is 6.15. The van der Waals surface area contributed by atoms with Crippen molar-refractivity contribution in [1.82, 2.24) is 0 Å². The first-order valence-electron chi connectivity index (χ1n) is 3.18. The zero-order valence-corrected chi connectivity index (χ0v) is 9.13. The predicted molar refractivity (Wildman–Crippen MR) is 47.5 cm³/mol. The lowest BCUT2D eigenvalue weighted by atomic mass is 10.1. The monoisotopic (exact) mass is 292 g/mol. The zero-order chi connectivity index (χ0) is 8.65. The van der Waals surface area contributed by atoms with E-state index in [4.69, 9.17) is 0 Å². The summed E-state index contributed by atoms with van der Waals surface area (Å²) in [5.41, 5.74) is 0. The van der Waals surface area contributed by atoms with Gasteiger partial charge in [-0.15, -0.1) is 0 Å². The first-order chi connectivity index (χ1) is 4.92. The van der Waals surface area contributed by atoms with Crippen LogP contribution in [0.3, 0.4) is 0 Å². The average Bonchev–Trinajstić information content (AvgIpc) is 2.05. The summed E-state index contributed by atoms with van der Waals surface area (Å²) in [6.45, 7) is 3.78. The highest BCUT2D eigenvalue weighted by molar-refractivity contribution is 14.1. The molecule has 66 valence electrons. The molecule has 1 saturated heterocycles. The van der Waals surface area contributed by atoms with Gasteiger partial charge in [-0.05, 0) is 28.5 Å². The molecule has 1 heterocycles. The fourth-order valence-corrected chi connectivity index (χ4v) is 3.70. The summed E-state index contributed by atoms with van der Waals surface area (Å²) >= 11 is 1.91. The SMILES string of the molecule is CC(C)C1OS(=O)(=O)OC1I. The van der Waals surface area contributed by atoms with Gasteiger partial charge < -0.3 is 0 Å². The smallest absolute Gasteiger partial charge is 0.241 e. The van der Waals surface area contributed by atoms with Crippen molar-refractivity contribution in [3.8, 4) is 0 Å². The molecule has 6 heteroatoms. The number of hydrogen-bond donors (Lipinski definition) is 0. The van der Waals surface area contributed by atoms with Crippen LogP contribution < -0.4 is 0 Å². The molecule has 11 heavy (non-hydrogen) atoms. The molecule has 1 aliphatic rings. The molecular formula is C5H9IO4S. The van der Waals surface area contributed by atoms with Crippen LogP contribution in [0.5, 0.6) is 0 Å². The maximum Gasteiger partial charge on any atom is 0.401 e. The third-order valence-corrected chi connectivity index (χ3v) is 3.56. The van der Waals surface area contributed by atoms with Gasteiger partial charge in [-0.1, -0.05) is 13.8 Å². The molecule has 0 spiro atoms. The van der Waals surface area contributed by atoms with Crippen molar-refractivity contribution in [2.24, 2.45) is 5.92 Å². The summed E-state index contributed by atoms with van der Waals surface area (Å²) in [6.07, 6.45) is -0.347. The Hall–Kier alpha value is 0.600. The van der Waals surface area contributed by atoms with Crippen LogP contribution in [-0.4, -0.2) is 18.6 Å². The van der Waals surface area contributed by atoms with E-state index in [0.29, 0.717) is 0 Å². The Morgan fingerprint density at radius 2 is 1.91 bits per heavy atom. The van der Waals surface area contributed by atoms with Gasteiger partial charge in [-0.3, -0.25) is 0 Å². The Labute approximate surface area is 79.7 Å². The van der Waals surface area contributed by atoms with Gasteiger partial charge in [-0.2, -0.15) is 8.42 Å². The molecular weight excluding hydrogens is 283 g/mol. The van der Waals surface area contributed by atoms with Crippen LogP contribution in [0.25, 0.3) is 0 Å². The van der Waals surface area contributed by atoms with Gasteiger partial charge >= 0.3 is 10.4 Å². The lowest BCUT2D eigenvalue weighted by Crippen LogP contribution is -2.22. The van der Waals surface area contributed by atoms with Crippen molar-refractivity contribution in [3.05, 3.63) is 0 Å². The van der Waals surface area contributed by atoms with Crippen molar-refractivity contribution < 1.29 is 16.8 Å². The second-order valence-corrected chi connectivity index (χ2v) is 5.09. The first kappa shape index (κ1) is 9.69. The Morgan fingerprint density at radius 3 is 2.09 bits per heavy atom. The molecule has 0 aromatic rings. The molecule has 1 rings (SSSR count). The minimum Gasteiger partial charge on any atom is -0.241 e.